The first kappa shape index (κ1) is 18.9. The lowest BCUT2D eigenvalue weighted by Crippen LogP contribution is -2.20. The van der Waals surface area contributed by atoms with Crippen molar-refractivity contribution >= 4 is 45.3 Å². The van der Waals surface area contributed by atoms with Gasteiger partial charge in [0, 0.05) is 10.6 Å². The van der Waals surface area contributed by atoms with Gasteiger partial charge in [-0.25, -0.2) is 4.79 Å². The second-order valence-electron chi connectivity index (χ2n) is 6.56. The topological polar surface area (TPSA) is 50.4 Å². The first-order valence-corrected chi connectivity index (χ1v) is 10.2. The summed E-state index contributed by atoms with van der Waals surface area (Å²) in [5, 5.41) is 7.67. The predicted octanol–water partition coefficient (Wildman–Crippen LogP) is 5.31. The standard InChI is InChI=1S/C20H24N2O2S2/c1-13-9-11-14(12-10-13)21-20(25)22-18-17(19(23)24-2)15-7-5-3-4-6-8-16(15)26-18/h9-12H,3-8H2,1-2H3,(H2,21,22,25). The number of nitrogens with one attached hydrogen (secondary N) is 2. The van der Waals surface area contributed by atoms with Gasteiger partial charge in [0.05, 0.1) is 12.7 Å². The number of fused-ring (bicyclic) bond motifs is 1. The quantitative estimate of drug-likeness (QED) is 0.551. The van der Waals surface area contributed by atoms with Gasteiger partial charge in [-0.2, -0.15) is 0 Å². The monoisotopic (exact) mass is 388 g/mol. The minimum atomic E-state index is -0.288. The molecule has 6 heteroatoms. The Morgan fingerprint density at radius 1 is 1.08 bits per heavy atom. The molecule has 1 aromatic carbocycles. The number of thiocarbonyl (C=S) groups is 1. The molecular formula is C20H24N2O2S2. The lowest BCUT2D eigenvalue weighted by molar-refractivity contribution is 0.0601. The number of benzene rings is 1. The summed E-state index contributed by atoms with van der Waals surface area (Å²) in [5.41, 5.74) is 3.91. The van der Waals surface area contributed by atoms with E-state index in [0.29, 0.717) is 10.7 Å². The van der Waals surface area contributed by atoms with Gasteiger partial charge in [0.1, 0.15) is 5.00 Å². The number of carbonyl (C=O) groups is 1. The number of carbonyl (C=O) groups excluding carboxylic acids is 1. The molecule has 0 spiro atoms. The molecule has 0 unspecified atom stereocenters. The van der Waals surface area contributed by atoms with E-state index in [1.54, 1.807) is 11.3 Å². The summed E-state index contributed by atoms with van der Waals surface area (Å²) in [7, 11) is 1.43. The van der Waals surface area contributed by atoms with Crippen LogP contribution in [-0.2, 0) is 17.6 Å². The second kappa shape index (κ2) is 8.64. The van der Waals surface area contributed by atoms with E-state index in [9.17, 15) is 4.79 Å². The number of anilines is 2. The minimum Gasteiger partial charge on any atom is -0.465 e. The summed E-state index contributed by atoms with van der Waals surface area (Å²) in [5.74, 6) is -0.288. The van der Waals surface area contributed by atoms with Crippen LogP contribution < -0.4 is 10.6 Å². The van der Waals surface area contributed by atoms with Crippen LogP contribution in [0.4, 0.5) is 10.7 Å². The SMILES string of the molecule is COC(=O)c1c(NC(=S)Nc2ccc(C)cc2)sc2c1CCCCCC2. The molecule has 1 aliphatic carbocycles. The third-order valence-electron chi connectivity index (χ3n) is 4.60. The zero-order chi connectivity index (χ0) is 18.5. The Kier molecular flexibility index (Phi) is 6.27. The number of ether oxygens (including phenoxy) is 1. The molecule has 0 bridgehead atoms. The van der Waals surface area contributed by atoms with Crippen molar-refractivity contribution in [1.82, 2.24) is 0 Å². The van der Waals surface area contributed by atoms with Crippen molar-refractivity contribution in [3.63, 3.8) is 0 Å². The average molecular weight is 389 g/mol. The van der Waals surface area contributed by atoms with Gasteiger partial charge in [0.25, 0.3) is 0 Å². The molecule has 0 saturated carbocycles. The summed E-state index contributed by atoms with van der Waals surface area (Å²) >= 11 is 7.09. The van der Waals surface area contributed by atoms with Crippen molar-refractivity contribution in [2.75, 3.05) is 17.7 Å². The summed E-state index contributed by atoms with van der Waals surface area (Å²) < 4.78 is 5.05. The molecule has 0 saturated heterocycles. The van der Waals surface area contributed by atoms with Gasteiger partial charge in [0.15, 0.2) is 5.11 Å². The first-order valence-electron chi connectivity index (χ1n) is 8.96. The molecule has 0 amide bonds. The van der Waals surface area contributed by atoms with Crippen LogP contribution in [0.2, 0.25) is 0 Å². The van der Waals surface area contributed by atoms with Crippen molar-refractivity contribution < 1.29 is 9.53 Å². The fourth-order valence-corrected chi connectivity index (χ4v) is 4.79. The summed E-state index contributed by atoms with van der Waals surface area (Å²) in [6, 6.07) is 8.03. The number of thiophene rings is 1. The van der Waals surface area contributed by atoms with E-state index in [1.165, 1.54) is 36.8 Å². The van der Waals surface area contributed by atoms with Gasteiger partial charge in [0.2, 0.25) is 0 Å². The molecular weight excluding hydrogens is 364 g/mol. The van der Waals surface area contributed by atoms with Crippen LogP contribution in [0.1, 0.15) is 52.0 Å². The molecule has 138 valence electrons. The van der Waals surface area contributed by atoms with E-state index >= 15 is 0 Å². The minimum absolute atomic E-state index is 0.288. The molecule has 1 aromatic heterocycles. The summed E-state index contributed by atoms with van der Waals surface area (Å²) in [6.07, 6.45) is 6.69. The molecule has 3 rings (SSSR count). The van der Waals surface area contributed by atoms with Gasteiger partial charge in [-0.3, -0.25) is 0 Å². The molecule has 2 aromatic rings. The molecule has 4 nitrogen and oxygen atoms in total. The second-order valence-corrected chi connectivity index (χ2v) is 8.07. The van der Waals surface area contributed by atoms with Crippen molar-refractivity contribution in [3.05, 3.63) is 45.8 Å². The van der Waals surface area contributed by atoms with Gasteiger partial charge in [-0.15, -0.1) is 11.3 Å². The summed E-state index contributed by atoms with van der Waals surface area (Å²) in [6.45, 7) is 2.05. The Bertz CT molecular complexity index is 797. The Labute approximate surface area is 164 Å². The fourth-order valence-electron chi connectivity index (χ4n) is 3.23. The molecule has 0 fully saturated rings. The van der Waals surface area contributed by atoms with E-state index in [0.717, 1.165) is 35.5 Å². The van der Waals surface area contributed by atoms with Gasteiger partial charge < -0.3 is 15.4 Å². The highest BCUT2D eigenvalue weighted by atomic mass is 32.1. The maximum absolute atomic E-state index is 12.4. The van der Waals surface area contributed by atoms with E-state index < -0.39 is 0 Å². The van der Waals surface area contributed by atoms with Crippen molar-refractivity contribution in [2.24, 2.45) is 0 Å². The molecule has 0 atom stereocenters. The van der Waals surface area contributed by atoms with Crippen LogP contribution in [-0.4, -0.2) is 18.2 Å². The molecule has 0 radical (unpaired) electrons. The molecule has 2 N–H and O–H groups in total. The first-order chi connectivity index (χ1) is 12.6. The lowest BCUT2D eigenvalue weighted by atomic mass is 9.96. The molecule has 1 heterocycles. The van der Waals surface area contributed by atoms with E-state index in [1.807, 2.05) is 31.2 Å². The largest absolute Gasteiger partial charge is 0.465 e. The smallest absolute Gasteiger partial charge is 0.341 e. The normalized spacial score (nSPS) is 13.9. The highest BCUT2D eigenvalue weighted by Crippen LogP contribution is 2.37. The molecule has 1 aliphatic rings. The highest BCUT2D eigenvalue weighted by Gasteiger charge is 2.25. The number of aryl methyl sites for hydroxylation is 2. The van der Waals surface area contributed by atoms with Crippen molar-refractivity contribution in [2.45, 2.75) is 45.4 Å². The van der Waals surface area contributed by atoms with E-state index in [-0.39, 0.29) is 5.97 Å². The third-order valence-corrected chi connectivity index (χ3v) is 6.01. The third kappa shape index (κ3) is 4.43. The van der Waals surface area contributed by atoms with E-state index in [2.05, 4.69) is 10.6 Å². The molecule has 0 aliphatic heterocycles. The predicted molar refractivity (Wildman–Crippen MR) is 113 cm³/mol. The number of hydrogen-bond donors (Lipinski definition) is 2. The van der Waals surface area contributed by atoms with Crippen LogP contribution in [0, 0.1) is 6.92 Å². The maximum Gasteiger partial charge on any atom is 0.341 e. The Balaban J connectivity index is 1.83. The average Bonchev–Trinajstić information content (AvgIpc) is 2.92. The van der Waals surface area contributed by atoms with Gasteiger partial charge >= 0.3 is 5.97 Å². The lowest BCUT2D eigenvalue weighted by Gasteiger charge is -2.12. The Morgan fingerprint density at radius 2 is 1.77 bits per heavy atom. The number of esters is 1. The van der Waals surface area contributed by atoms with Crippen LogP contribution in [0.15, 0.2) is 24.3 Å². The number of methoxy groups -OCH3 is 1. The Morgan fingerprint density at radius 3 is 2.46 bits per heavy atom. The van der Waals surface area contributed by atoms with Crippen LogP contribution in [0.25, 0.3) is 0 Å². The zero-order valence-electron chi connectivity index (χ0n) is 15.2. The number of rotatable bonds is 3. The molecule has 26 heavy (non-hydrogen) atoms. The Hall–Kier alpha value is -1.92. The summed E-state index contributed by atoms with van der Waals surface area (Å²) in [4.78, 5) is 13.7. The fraction of sp³-hybridized carbons (Fsp3) is 0.400. The highest BCUT2D eigenvalue weighted by molar-refractivity contribution is 7.80. The van der Waals surface area contributed by atoms with Gasteiger partial charge in [-0.1, -0.05) is 30.5 Å². The van der Waals surface area contributed by atoms with Crippen LogP contribution in [0.5, 0.6) is 0 Å². The maximum atomic E-state index is 12.4. The van der Waals surface area contributed by atoms with Crippen molar-refractivity contribution in [3.8, 4) is 0 Å². The van der Waals surface area contributed by atoms with Crippen molar-refractivity contribution in [1.29, 1.82) is 0 Å². The van der Waals surface area contributed by atoms with Crippen LogP contribution in [0.3, 0.4) is 0 Å². The van der Waals surface area contributed by atoms with E-state index in [4.69, 9.17) is 17.0 Å². The zero-order valence-corrected chi connectivity index (χ0v) is 16.8. The van der Waals surface area contributed by atoms with Gasteiger partial charge in [-0.05, 0) is 62.5 Å². The number of hydrogen-bond acceptors (Lipinski definition) is 4. The van der Waals surface area contributed by atoms with Crippen LogP contribution >= 0.6 is 23.6 Å².